The van der Waals surface area contributed by atoms with Crippen LogP contribution in [-0.2, 0) is 42.7 Å². The Morgan fingerprint density at radius 3 is 2.04 bits per heavy atom. The SMILES string of the molecule is NS(=O)(=O)c1ccc(CN(CCSc2ccccc2)Cc2ccc(S(=O)(=O)NC(=O)CC3Sc4ccccc4NC3=O)cc2)cc1. The third kappa shape index (κ3) is 9.21. The molecular weight excluding hydrogens is 665 g/mol. The first-order chi connectivity index (χ1) is 22.0. The van der Waals surface area contributed by atoms with Gasteiger partial charge in [0.15, 0.2) is 0 Å². The first-order valence-corrected chi connectivity index (χ1v) is 19.1. The molecule has 1 unspecified atom stereocenters. The third-order valence-corrected chi connectivity index (χ3v) is 11.6. The van der Waals surface area contributed by atoms with Crippen molar-refractivity contribution in [3.63, 3.8) is 0 Å². The van der Waals surface area contributed by atoms with Gasteiger partial charge in [0.2, 0.25) is 21.8 Å². The summed E-state index contributed by atoms with van der Waals surface area (Å²) in [6, 6.07) is 29.9. The number of primary sulfonamides is 1. The Labute approximate surface area is 277 Å². The zero-order valence-electron chi connectivity index (χ0n) is 24.5. The molecular formula is C32H32N4O6S4. The maximum Gasteiger partial charge on any atom is 0.264 e. The van der Waals surface area contributed by atoms with Crippen LogP contribution in [-0.4, -0.2) is 51.1 Å². The fourth-order valence-corrected chi connectivity index (χ4v) is 8.30. The lowest BCUT2D eigenvalue weighted by Gasteiger charge is -2.23. The first kappa shape index (κ1) is 33.7. The molecule has 1 aliphatic heterocycles. The number of hydrogen-bond donors (Lipinski definition) is 3. The van der Waals surface area contributed by atoms with E-state index in [2.05, 4.69) is 14.9 Å². The Bertz CT molecular complexity index is 1900. The number of amides is 2. The highest BCUT2D eigenvalue weighted by atomic mass is 32.2. The minimum absolute atomic E-state index is 0.0393. The van der Waals surface area contributed by atoms with Crippen molar-refractivity contribution in [2.75, 3.05) is 17.6 Å². The van der Waals surface area contributed by atoms with E-state index in [9.17, 15) is 26.4 Å². The maximum absolute atomic E-state index is 13.0. The van der Waals surface area contributed by atoms with Gasteiger partial charge in [-0.05, 0) is 59.7 Å². The van der Waals surface area contributed by atoms with Crippen molar-refractivity contribution in [1.82, 2.24) is 9.62 Å². The molecule has 0 spiro atoms. The van der Waals surface area contributed by atoms with Crippen molar-refractivity contribution >= 4 is 61.1 Å². The summed E-state index contributed by atoms with van der Waals surface area (Å²) in [5.41, 5.74) is 2.41. The summed E-state index contributed by atoms with van der Waals surface area (Å²) in [7, 11) is -7.96. The Morgan fingerprint density at radius 1 is 0.826 bits per heavy atom. The maximum atomic E-state index is 13.0. The molecule has 2 amide bonds. The van der Waals surface area contributed by atoms with Gasteiger partial charge in [-0.2, -0.15) is 0 Å². The molecule has 1 aliphatic rings. The number of hydrogen-bond acceptors (Lipinski definition) is 9. The average molecular weight is 697 g/mol. The summed E-state index contributed by atoms with van der Waals surface area (Å²) in [5, 5.41) is 7.24. The number of anilines is 1. The Hall–Kier alpha value is -3.66. The van der Waals surface area contributed by atoms with Crippen molar-refractivity contribution in [2.45, 2.75) is 44.3 Å². The monoisotopic (exact) mass is 696 g/mol. The number of sulfonamides is 2. The average Bonchev–Trinajstić information content (AvgIpc) is 3.02. The summed E-state index contributed by atoms with van der Waals surface area (Å²) < 4.78 is 51.4. The van der Waals surface area contributed by atoms with Crippen LogP contribution in [0.5, 0.6) is 0 Å². The van der Waals surface area contributed by atoms with E-state index in [1.807, 2.05) is 42.5 Å². The number of carbonyl (C=O) groups is 2. The molecule has 5 rings (SSSR count). The number of nitrogens with two attached hydrogens (primary N) is 1. The molecule has 0 saturated carbocycles. The summed E-state index contributed by atoms with van der Waals surface area (Å²) >= 11 is 2.94. The number of benzene rings is 4. The summed E-state index contributed by atoms with van der Waals surface area (Å²) in [6.07, 6.45) is -0.295. The molecule has 1 heterocycles. The molecule has 4 aromatic rings. The van der Waals surface area contributed by atoms with Crippen LogP contribution in [0.25, 0.3) is 0 Å². The van der Waals surface area contributed by atoms with Crippen molar-refractivity contribution in [3.05, 3.63) is 114 Å². The second-order valence-electron chi connectivity index (χ2n) is 10.5. The number of fused-ring (bicyclic) bond motifs is 1. The van der Waals surface area contributed by atoms with Gasteiger partial charge in [-0.3, -0.25) is 14.5 Å². The predicted octanol–water partition coefficient (Wildman–Crippen LogP) is 4.44. The minimum Gasteiger partial charge on any atom is -0.324 e. The van der Waals surface area contributed by atoms with Gasteiger partial charge in [0, 0.05) is 41.6 Å². The van der Waals surface area contributed by atoms with Gasteiger partial charge < -0.3 is 5.32 Å². The number of carbonyl (C=O) groups excluding carboxylic acids is 2. The van der Waals surface area contributed by atoms with E-state index >= 15 is 0 Å². The van der Waals surface area contributed by atoms with Gasteiger partial charge in [0.25, 0.3) is 10.0 Å². The smallest absolute Gasteiger partial charge is 0.264 e. The van der Waals surface area contributed by atoms with Crippen LogP contribution >= 0.6 is 23.5 Å². The normalized spacial score (nSPS) is 14.8. The number of para-hydroxylation sites is 1. The van der Waals surface area contributed by atoms with Gasteiger partial charge in [0.05, 0.1) is 20.7 Å². The Morgan fingerprint density at radius 2 is 1.41 bits per heavy atom. The van der Waals surface area contributed by atoms with E-state index in [0.29, 0.717) is 25.3 Å². The Balaban J connectivity index is 1.22. The highest BCUT2D eigenvalue weighted by Gasteiger charge is 2.30. The van der Waals surface area contributed by atoms with E-state index in [1.165, 1.54) is 36.0 Å². The van der Waals surface area contributed by atoms with Crippen molar-refractivity contribution < 1.29 is 26.4 Å². The summed E-state index contributed by atoms with van der Waals surface area (Å²) in [6.45, 7) is 1.71. The molecule has 4 N–H and O–H groups in total. The predicted molar refractivity (Wildman–Crippen MR) is 180 cm³/mol. The molecule has 0 radical (unpaired) electrons. The molecule has 0 bridgehead atoms. The molecule has 0 aromatic heterocycles. The van der Waals surface area contributed by atoms with E-state index in [4.69, 9.17) is 5.14 Å². The second-order valence-corrected chi connectivity index (χ2v) is 16.2. The molecule has 0 saturated heterocycles. The Kier molecular flexibility index (Phi) is 10.9. The van der Waals surface area contributed by atoms with Crippen LogP contribution in [0.15, 0.2) is 123 Å². The second kappa shape index (κ2) is 14.8. The molecule has 0 aliphatic carbocycles. The topological polar surface area (TPSA) is 156 Å². The van der Waals surface area contributed by atoms with Crippen LogP contribution in [0.1, 0.15) is 17.5 Å². The molecule has 10 nitrogen and oxygen atoms in total. The van der Waals surface area contributed by atoms with Crippen LogP contribution in [0.3, 0.4) is 0 Å². The molecule has 0 fully saturated rings. The van der Waals surface area contributed by atoms with Gasteiger partial charge in [-0.25, -0.2) is 26.7 Å². The first-order valence-electron chi connectivity index (χ1n) is 14.2. The highest BCUT2D eigenvalue weighted by Crippen LogP contribution is 2.36. The lowest BCUT2D eigenvalue weighted by Crippen LogP contribution is -2.37. The number of rotatable bonds is 13. The molecule has 46 heavy (non-hydrogen) atoms. The largest absolute Gasteiger partial charge is 0.324 e. The molecule has 4 aromatic carbocycles. The highest BCUT2D eigenvalue weighted by molar-refractivity contribution is 8.01. The summed E-state index contributed by atoms with van der Waals surface area (Å²) in [4.78, 5) is 29.3. The van der Waals surface area contributed by atoms with Crippen molar-refractivity contribution in [3.8, 4) is 0 Å². The van der Waals surface area contributed by atoms with E-state index < -0.39 is 31.2 Å². The standard InChI is InChI=1S/C32H32N4O6S4/c33-45(39,40)26-14-10-23(11-15-26)21-36(18-19-43-25-6-2-1-3-7-25)22-24-12-16-27(17-13-24)46(41,42)35-31(37)20-30-32(38)34-28-8-4-5-9-29(28)44-30/h1-17,30H,18-22H2,(H,34,38)(H,35,37)(H2,33,39,40). The number of nitrogens with zero attached hydrogens (tertiary/aromatic N) is 1. The lowest BCUT2D eigenvalue weighted by molar-refractivity contribution is -0.122. The van der Waals surface area contributed by atoms with Crippen molar-refractivity contribution in [1.29, 1.82) is 0 Å². The zero-order chi connectivity index (χ0) is 32.7. The number of thioether (sulfide) groups is 2. The zero-order valence-corrected chi connectivity index (χ0v) is 27.8. The fourth-order valence-electron chi connectivity index (χ4n) is 4.74. The third-order valence-electron chi connectivity index (χ3n) is 7.04. The quantitative estimate of drug-likeness (QED) is 0.172. The van der Waals surface area contributed by atoms with E-state index in [1.54, 1.807) is 48.2 Å². The van der Waals surface area contributed by atoms with E-state index in [-0.39, 0.29) is 22.1 Å². The molecule has 14 heteroatoms. The minimum atomic E-state index is -4.16. The fraction of sp³-hybridized carbons (Fsp3) is 0.188. The van der Waals surface area contributed by atoms with Crippen molar-refractivity contribution in [2.24, 2.45) is 5.14 Å². The molecule has 1 atom stereocenters. The van der Waals surface area contributed by atoms with Gasteiger partial charge in [-0.15, -0.1) is 23.5 Å². The van der Waals surface area contributed by atoms with E-state index in [0.717, 1.165) is 26.7 Å². The van der Waals surface area contributed by atoms with Crippen LogP contribution in [0, 0.1) is 0 Å². The van der Waals surface area contributed by atoms with Crippen LogP contribution in [0.2, 0.25) is 0 Å². The van der Waals surface area contributed by atoms with Gasteiger partial charge in [-0.1, -0.05) is 54.6 Å². The lowest BCUT2D eigenvalue weighted by atomic mass is 10.1. The van der Waals surface area contributed by atoms with Crippen LogP contribution < -0.4 is 15.2 Å². The van der Waals surface area contributed by atoms with Crippen LogP contribution in [0.4, 0.5) is 5.69 Å². The summed E-state index contributed by atoms with van der Waals surface area (Å²) in [5.74, 6) is -0.333. The molecule has 240 valence electrons. The van der Waals surface area contributed by atoms with Gasteiger partial charge >= 0.3 is 0 Å². The van der Waals surface area contributed by atoms with Gasteiger partial charge in [0.1, 0.15) is 0 Å². The number of nitrogens with one attached hydrogen (secondary N) is 2.